The van der Waals surface area contributed by atoms with E-state index in [2.05, 4.69) is 15.6 Å². The van der Waals surface area contributed by atoms with E-state index < -0.39 is 17.8 Å². The summed E-state index contributed by atoms with van der Waals surface area (Å²) in [5.74, 6) is -1.35. The smallest absolute Gasteiger partial charge is 0.256 e. The fourth-order valence-electron chi connectivity index (χ4n) is 4.43. The second-order valence-corrected chi connectivity index (χ2v) is 8.66. The van der Waals surface area contributed by atoms with E-state index in [4.69, 9.17) is 4.74 Å². The fraction of sp³-hybridized carbons (Fsp3) is 0.360. The molecule has 0 aliphatic carbocycles. The Bertz CT molecular complexity index is 1240. The fourth-order valence-corrected chi connectivity index (χ4v) is 4.43. The third kappa shape index (κ3) is 4.88. The highest BCUT2D eigenvalue weighted by Crippen LogP contribution is 2.34. The maximum Gasteiger partial charge on any atom is 0.256 e. The van der Waals surface area contributed by atoms with Crippen LogP contribution in [0.1, 0.15) is 45.7 Å². The molecule has 0 bridgehead atoms. The molecule has 184 valence electrons. The zero-order valence-corrected chi connectivity index (χ0v) is 19.8. The molecule has 1 atom stereocenters. The predicted octanol–water partition coefficient (Wildman–Crippen LogP) is 2.20. The summed E-state index contributed by atoms with van der Waals surface area (Å²) in [5.41, 5.74) is 3.40. The van der Waals surface area contributed by atoms with Gasteiger partial charge >= 0.3 is 0 Å². The zero-order valence-electron chi connectivity index (χ0n) is 19.8. The molecular weight excluding hydrogens is 455 g/mol. The Morgan fingerprint density at radius 3 is 2.63 bits per heavy atom. The number of halogens is 1. The average molecular weight is 483 g/mol. The summed E-state index contributed by atoms with van der Waals surface area (Å²) in [6.45, 7) is 4.14. The number of likely N-dealkylation sites (tertiary alicyclic amines) is 1. The summed E-state index contributed by atoms with van der Waals surface area (Å²) < 4.78 is 19.1. The monoisotopic (exact) mass is 482 g/mol. The summed E-state index contributed by atoms with van der Waals surface area (Å²) in [7, 11) is 1.40. The van der Waals surface area contributed by atoms with Crippen LogP contribution < -0.4 is 10.6 Å². The maximum atomic E-state index is 13.7. The molecule has 4 rings (SSSR count). The number of rotatable bonds is 6. The van der Waals surface area contributed by atoms with E-state index in [-0.39, 0.29) is 24.1 Å². The first-order valence-corrected chi connectivity index (χ1v) is 11.3. The Hall–Kier alpha value is -3.79. The van der Waals surface area contributed by atoms with Crippen molar-refractivity contribution < 1.29 is 28.3 Å². The Morgan fingerprint density at radius 1 is 1.23 bits per heavy atom. The summed E-state index contributed by atoms with van der Waals surface area (Å²) in [5, 5.41) is 5.45. The predicted molar refractivity (Wildman–Crippen MR) is 127 cm³/mol. The van der Waals surface area contributed by atoms with Crippen molar-refractivity contribution in [3.63, 3.8) is 0 Å². The van der Waals surface area contributed by atoms with Gasteiger partial charge in [-0.3, -0.25) is 19.2 Å². The molecule has 3 heterocycles. The number of amides is 3. The lowest BCUT2D eigenvalue weighted by atomic mass is 10.0. The number of ether oxygens (including phenoxy) is 1. The summed E-state index contributed by atoms with van der Waals surface area (Å²) >= 11 is 0. The van der Waals surface area contributed by atoms with Crippen LogP contribution in [0.4, 0.5) is 10.1 Å². The van der Waals surface area contributed by atoms with Gasteiger partial charge in [0.1, 0.15) is 11.6 Å². The lowest BCUT2D eigenvalue weighted by Crippen LogP contribution is -2.48. The number of aryl methyl sites for hydroxylation is 1. The van der Waals surface area contributed by atoms with Crippen LogP contribution in [0, 0.1) is 19.7 Å². The van der Waals surface area contributed by atoms with Gasteiger partial charge in [-0.2, -0.15) is 0 Å². The topological polar surface area (TPSA) is 121 Å². The minimum Gasteiger partial charge on any atom is -0.370 e. The molecular formula is C25H27FN4O5. The number of piperidine rings is 1. The van der Waals surface area contributed by atoms with Crippen molar-refractivity contribution >= 4 is 40.8 Å². The van der Waals surface area contributed by atoms with Crippen LogP contribution in [-0.2, 0) is 19.1 Å². The second kappa shape index (κ2) is 9.83. The van der Waals surface area contributed by atoms with E-state index in [9.17, 15) is 23.6 Å². The molecule has 0 spiro atoms. The molecule has 1 fully saturated rings. The summed E-state index contributed by atoms with van der Waals surface area (Å²) in [4.78, 5) is 54.3. The number of fused-ring (bicyclic) bond motifs is 1. The van der Waals surface area contributed by atoms with Crippen LogP contribution in [0.2, 0.25) is 0 Å². The molecule has 0 radical (unpaired) electrons. The summed E-state index contributed by atoms with van der Waals surface area (Å²) in [6, 6.07) is 4.07. The van der Waals surface area contributed by atoms with Gasteiger partial charge in [-0.1, -0.05) is 0 Å². The molecule has 2 aliphatic rings. The van der Waals surface area contributed by atoms with Crippen LogP contribution >= 0.6 is 0 Å². The first-order valence-electron chi connectivity index (χ1n) is 11.3. The van der Waals surface area contributed by atoms with Crippen molar-refractivity contribution in [2.24, 2.45) is 0 Å². The van der Waals surface area contributed by atoms with E-state index in [1.165, 1.54) is 25.3 Å². The maximum absolute atomic E-state index is 13.7. The lowest BCUT2D eigenvalue weighted by Gasteiger charge is -2.29. The number of anilines is 1. The third-order valence-corrected chi connectivity index (χ3v) is 6.40. The van der Waals surface area contributed by atoms with Gasteiger partial charge in [0, 0.05) is 55.7 Å². The molecule has 10 heteroatoms. The molecule has 1 saturated heterocycles. The molecule has 1 aromatic heterocycles. The van der Waals surface area contributed by atoms with E-state index in [1.54, 1.807) is 24.8 Å². The Labute approximate surface area is 201 Å². The number of hydrogen-bond donors (Lipinski definition) is 3. The lowest BCUT2D eigenvalue weighted by molar-refractivity contribution is -0.143. The second-order valence-electron chi connectivity index (χ2n) is 8.66. The Kier molecular flexibility index (Phi) is 6.83. The molecule has 1 unspecified atom stereocenters. The number of hydrogen-bond acceptors (Lipinski definition) is 5. The van der Waals surface area contributed by atoms with E-state index >= 15 is 0 Å². The van der Waals surface area contributed by atoms with Gasteiger partial charge in [-0.15, -0.1) is 0 Å². The average Bonchev–Trinajstić information content (AvgIpc) is 3.29. The third-order valence-electron chi connectivity index (χ3n) is 6.40. The molecule has 3 amide bonds. The number of aromatic nitrogens is 1. The van der Waals surface area contributed by atoms with E-state index in [1.807, 2.05) is 0 Å². The van der Waals surface area contributed by atoms with Crippen molar-refractivity contribution in [1.29, 1.82) is 0 Å². The van der Waals surface area contributed by atoms with Crippen molar-refractivity contribution in [2.75, 3.05) is 32.1 Å². The number of benzene rings is 1. The highest BCUT2D eigenvalue weighted by molar-refractivity contribution is 6.34. The van der Waals surface area contributed by atoms with Crippen LogP contribution in [0.25, 0.3) is 11.6 Å². The standard InChI is InChI=1S/C25H27FN4O5/c1-13-20(11-18-17-10-15(26)4-5-19(17)29-23(18)32)28-14(2)22(13)24(33)27-12-21(35-3)25(34)30-8-6-16(31)7-9-30/h4-5,10-11,21,28H,6-9,12H2,1-3H3,(H,27,33)(H,29,32)/b18-11-. The van der Waals surface area contributed by atoms with Gasteiger partial charge in [-0.05, 0) is 43.7 Å². The van der Waals surface area contributed by atoms with Crippen molar-refractivity contribution in [3.8, 4) is 0 Å². The first-order chi connectivity index (χ1) is 16.7. The van der Waals surface area contributed by atoms with Crippen LogP contribution in [-0.4, -0.2) is 66.2 Å². The minimum atomic E-state index is -0.873. The van der Waals surface area contributed by atoms with Crippen LogP contribution in [0.5, 0.6) is 0 Å². The number of H-pyrrole nitrogens is 1. The van der Waals surface area contributed by atoms with Gasteiger partial charge < -0.3 is 25.3 Å². The van der Waals surface area contributed by atoms with Crippen molar-refractivity contribution in [1.82, 2.24) is 15.2 Å². The highest BCUT2D eigenvalue weighted by atomic mass is 19.1. The highest BCUT2D eigenvalue weighted by Gasteiger charge is 2.29. The van der Waals surface area contributed by atoms with E-state index in [0.29, 0.717) is 65.3 Å². The molecule has 2 aromatic rings. The molecule has 2 aliphatic heterocycles. The quantitative estimate of drug-likeness (QED) is 0.545. The number of methoxy groups -OCH3 is 1. The molecule has 0 saturated carbocycles. The number of carbonyl (C=O) groups is 4. The molecule has 1 aromatic carbocycles. The van der Waals surface area contributed by atoms with Crippen molar-refractivity contribution in [3.05, 3.63) is 52.1 Å². The number of ketones is 1. The SMILES string of the molecule is COC(CNC(=O)c1c(C)[nH]c(/C=C2\C(=O)Nc3ccc(F)cc32)c1C)C(=O)N1CCC(=O)CC1. The van der Waals surface area contributed by atoms with Gasteiger partial charge in [0.2, 0.25) is 0 Å². The van der Waals surface area contributed by atoms with Crippen LogP contribution in [0.3, 0.4) is 0 Å². The van der Waals surface area contributed by atoms with E-state index in [0.717, 1.165) is 0 Å². The number of Topliss-reactive ketones (excluding diaryl/α,β-unsaturated/α-hetero) is 1. The first kappa shape index (κ1) is 24.3. The number of nitrogens with one attached hydrogen (secondary N) is 3. The zero-order chi connectivity index (χ0) is 25.3. The Balaban J connectivity index is 1.49. The molecule has 9 nitrogen and oxygen atoms in total. The van der Waals surface area contributed by atoms with Crippen molar-refractivity contribution in [2.45, 2.75) is 32.8 Å². The number of aromatic amines is 1. The number of nitrogens with zero attached hydrogens (tertiary/aromatic N) is 1. The largest absolute Gasteiger partial charge is 0.370 e. The number of carbonyl (C=O) groups excluding carboxylic acids is 4. The van der Waals surface area contributed by atoms with Gasteiger partial charge in [-0.25, -0.2) is 4.39 Å². The minimum absolute atomic E-state index is 0.0336. The Morgan fingerprint density at radius 2 is 1.94 bits per heavy atom. The molecule has 3 N–H and O–H groups in total. The van der Waals surface area contributed by atoms with Gasteiger partial charge in [0.05, 0.1) is 17.7 Å². The molecule has 35 heavy (non-hydrogen) atoms. The van der Waals surface area contributed by atoms with Gasteiger partial charge in [0.15, 0.2) is 6.10 Å². The summed E-state index contributed by atoms with van der Waals surface area (Å²) in [6.07, 6.45) is 1.37. The normalized spacial score (nSPS) is 17.4. The van der Waals surface area contributed by atoms with Gasteiger partial charge in [0.25, 0.3) is 17.7 Å². The van der Waals surface area contributed by atoms with Crippen LogP contribution in [0.15, 0.2) is 18.2 Å².